The predicted molar refractivity (Wildman–Crippen MR) is 55.5 cm³/mol. The second-order valence-electron chi connectivity index (χ2n) is 3.31. The predicted octanol–water partition coefficient (Wildman–Crippen LogP) is 0.320. The minimum absolute atomic E-state index is 0.197. The Balaban J connectivity index is 2.31. The van der Waals surface area contributed by atoms with Crippen molar-refractivity contribution in [2.24, 2.45) is 5.16 Å². The van der Waals surface area contributed by atoms with Crippen molar-refractivity contribution in [2.75, 3.05) is 20.2 Å². The molecule has 1 fully saturated rings. The number of carbonyl (C=O) groups excluding carboxylic acids is 1. The SMILES string of the molecule is COC(=O)c1cccc(C(=NO)N2CC2)n1. The third-order valence-electron chi connectivity index (χ3n) is 2.21. The van der Waals surface area contributed by atoms with Crippen molar-refractivity contribution in [3.05, 3.63) is 29.6 Å². The van der Waals surface area contributed by atoms with Crippen LogP contribution in [0.5, 0.6) is 0 Å². The number of esters is 1. The van der Waals surface area contributed by atoms with E-state index in [0.717, 1.165) is 13.1 Å². The van der Waals surface area contributed by atoms with E-state index in [2.05, 4.69) is 14.9 Å². The maximum absolute atomic E-state index is 11.3. The molecule has 2 heterocycles. The summed E-state index contributed by atoms with van der Waals surface area (Å²) in [5.74, 6) is -0.129. The summed E-state index contributed by atoms with van der Waals surface area (Å²) < 4.78 is 4.56. The summed E-state index contributed by atoms with van der Waals surface area (Å²) in [7, 11) is 1.29. The lowest BCUT2D eigenvalue weighted by atomic mass is 10.3. The van der Waals surface area contributed by atoms with Crippen LogP contribution in [-0.4, -0.2) is 47.1 Å². The van der Waals surface area contributed by atoms with Gasteiger partial charge in [-0.15, -0.1) is 0 Å². The third-order valence-corrected chi connectivity index (χ3v) is 2.21. The summed E-state index contributed by atoms with van der Waals surface area (Å²) in [5, 5.41) is 12.0. The molecule has 1 saturated heterocycles. The van der Waals surface area contributed by atoms with E-state index < -0.39 is 5.97 Å². The fraction of sp³-hybridized carbons (Fsp3) is 0.300. The standard InChI is InChI=1S/C10H11N3O3/c1-16-10(14)8-4-2-3-7(11-8)9(12-15)13-5-6-13/h2-4,15H,5-6H2,1H3. The van der Waals surface area contributed by atoms with Crippen LogP contribution in [0.4, 0.5) is 0 Å². The Morgan fingerprint density at radius 1 is 1.50 bits per heavy atom. The van der Waals surface area contributed by atoms with E-state index in [1.165, 1.54) is 7.11 Å². The summed E-state index contributed by atoms with van der Waals surface area (Å²) in [6.07, 6.45) is 0. The lowest BCUT2D eigenvalue weighted by Crippen LogP contribution is -2.16. The zero-order valence-electron chi connectivity index (χ0n) is 8.75. The number of hydrogen-bond donors (Lipinski definition) is 1. The normalized spacial score (nSPS) is 14.8. The monoisotopic (exact) mass is 221 g/mol. The van der Waals surface area contributed by atoms with Crippen molar-refractivity contribution in [1.29, 1.82) is 0 Å². The Kier molecular flexibility index (Phi) is 2.72. The van der Waals surface area contributed by atoms with Gasteiger partial charge in [-0.05, 0) is 12.1 Å². The first-order chi connectivity index (χ1) is 7.76. The average molecular weight is 221 g/mol. The maximum atomic E-state index is 11.3. The highest BCUT2D eigenvalue weighted by molar-refractivity contribution is 5.99. The molecule has 6 heteroatoms. The van der Waals surface area contributed by atoms with E-state index in [1.54, 1.807) is 18.2 Å². The highest BCUT2D eigenvalue weighted by Gasteiger charge is 2.25. The molecule has 0 spiro atoms. The minimum Gasteiger partial charge on any atom is -0.464 e. The van der Waals surface area contributed by atoms with Crippen LogP contribution in [0.3, 0.4) is 0 Å². The largest absolute Gasteiger partial charge is 0.464 e. The van der Waals surface area contributed by atoms with E-state index >= 15 is 0 Å². The van der Waals surface area contributed by atoms with Gasteiger partial charge < -0.3 is 14.8 Å². The van der Waals surface area contributed by atoms with Crippen LogP contribution < -0.4 is 0 Å². The molecular formula is C10H11N3O3. The summed E-state index contributed by atoms with van der Waals surface area (Å²) in [4.78, 5) is 17.2. The molecule has 84 valence electrons. The van der Waals surface area contributed by atoms with E-state index in [-0.39, 0.29) is 5.69 Å². The average Bonchev–Trinajstić information content (AvgIpc) is 3.14. The second-order valence-corrected chi connectivity index (χ2v) is 3.31. The topological polar surface area (TPSA) is 74.8 Å². The Hall–Kier alpha value is -2.11. The van der Waals surface area contributed by atoms with Gasteiger partial charge in [-0.3, -0.25) is 0 Å². The highest BCUT2D eigenvalue weighted by Crippen LogP contribution is 2.12. The van der Waals surface area contributed by atoms with E-state index in [1.807, 2.05) is 4.90 Å². The van der Waals surface area contributed by atoms with E-state index in [9.17, 15) is 4.79 Å². The molecule has 0 saturated carbocycles. The zero-order chi connectivity index (χ0) is 11.5. The van der Waals surface area contributed by atoms with Crippen molar-refractivity contribution >= 4 is 11.8 Å². The Bertz CT molecular complexity index is 441. The van der Waals surface area contributed by atoms with Crippen molar-refractivity contribution in [2.45, 2.75) is 0 Å². The molecule has 1 aliphatic heterocycles. The van der Waals surface area contributed by atoms with Gasteiger partial charge in [-0.25, -0.2) is 9.78 Å². The van der Waals surface area contributed by atoms with Crippen LogP contribution in [-0.2, 0) is 4.74 Å². The number of methoxy groups -OCH3 is 1. The fourth-order valence-electron chi connectivity index (χ4n) is 1.32. The van der Waals surface area contributed by atoms with Gasteiger partial charge in [-0.2, -0.15) is 0 Å². The number of amidine groups is 1. The summed E-state index contributed by atoms with van der Waals surface area (Å²) in [5.41, 5.74) is 0.658. The van der Waals surface area contributed by atoms with Gasteiger partial charge in [0.25, 0.3) is 0 Å². The Labute approximate surface area is 92.1 Å². The number of rotatable bonds is 2. The second kappa shape index (κ2) is 4.18. The molecule has 0 unspecified atom stereocenters. The molecule has 0 atom stereocenters. The molecule has 1 aromatic rings. The summed E-state index contributed by atoms with van der Waals surface area (Å²) >= 11 is 0. The van der Waals surface area contributed by atoms with Crippen molar-refractivity contribution in [3.8, 4) is 0 Å². The molecule has 16 heavy (non-hydrogen) atoms. The number of hydrogen-bond acceptors (Lipinski definition) is 5. The highest BCUT2D eigenvalue weighted by atomic mass is 16.5. The zero-order valence-corrected chi connectivity index (χ0v) is 8.75. The molecule has 0 aliphatic carbocycles. The minimum atomic E-state index is -0.509. The van der Waals surface area contributed by atoms with Gasteiger partial charge in [0.15, 0.2) is 5.84 Å². The smallest absolute Gasteiger partial charge is 0.356 e. The third kappa shape index (κ3) is 1.95. The van der Waals surface area contributed by atoms with Crippen LogP contribution >= 0.6 is 0 Å². The fourth-order valence-corrected chi connectivity index (χ4v) is 1.32. The number of nitrogens with zero attached hydrogens (tertiary/aromatic N) is 3. The molecule has 0 amide bonds. The van der Waals surface area contributed by atoms with Crippen molar-refractivity contribution in [3.63, 3.8) is 0 Å². The quantitative estimate of drug-likeness (QED) is 0.194. The Morgan fingerprint density at radius 3 is 2.75 bits per heavy atom. The van der Waals surface area contributed by atoms with Gasteiger partial charge in [-0.1, -0.05) is 11.2 Å². The number of pyridine rings is 1. The van der Waals surface area contributed by atoms with Gasteiger partial charge in [0.2, 0.25) is 0 Å². The molecule has 0 aromatic carbocycles. The first-order valence-electron chi connectivity index (χ1n) is 4.79. The first kappa shape index (κ1) is 10.4. The molecule has 1 aliphatic rings. The molecule has 1 aromatic heterocycles. The van der Waals surface area contributed by atoms with Gasteiger partial charge in [0.05, 0.1) is 7.11 Å². The summed E-state index contributed by atoms with van der Waals surface area (Å²) in [6, 6.07) is 4.90. The summed E-state index contributed by atoms with van der Waals surface area (Å²) in [6.45, 7) is 1.67. The van der Waals surface area contributed by atoms with Crippen molar-refractivity contribution < 1.29 is 14.7 Å². The molecular weight excluding hydrogens is 210 g/mol. The molecule has 2 rings (SSSR count). The molecule has 6 nitrogen and oxygen atoms in total. The van der Waals surface area contributed by atoms with Gasteiger partial charge in [0, 0.05) is 13.1 Å². The Morgan fingerprint density at radius 2 is 2.19 bits per heavy atom. The van der Waals surface area contributed by atoms with Crippen LogP contribution in [0, 0.1) is 0 Å². The first-order valence-corrected chi connectivity index (χ1v) is 4.79. The van der Waals surface area contributed by atoms with Crippen LogP contribution in [0.25, 0.3) is 0 Å². The molecule has 0 bridgehead atoms. The number of ether oxygens (including phenoxy) is 1. The lowest BCUT2D eigenvalue weighted by Gasteiger charge is -2.05. The number of oxime groups is 1. The molecule has 1 N–H and O–H groups in total. The van der Waals surface area contributed by atoms with Crippen LogP contribution in [0.2, 0.25) is 0 Å². The number of carbonyl (C=O) groups is 1. The van der Waals surface area contributed by atoms with Crippen molar-refractivity contribution in [1.82, 2.24) is 9.88 Å². The maximum Gasteiger partial charge on any atom is 0.356 e. The van der Waals surface area contributed by atoms with Gasteiger partial charge in [0.1, 0.15) is 11.4 Å². The van der Waals surface area contributed by atoms with Crippen LogP contribution in [0.15, 0.2) is 23.4 Å². The van der Waals surface area contributed by atoms with Crippen LogP contribution in [0.1, 0.15) is 16.2 Å². The van der Waals surface area contributed by atoms with E-state index in [4.69, 9.17) is 5.21 Å². The molecule has 0 radical (unpaired) electrons. The van der Waals surface area contributed by atoms with E-state index in [0.29, 0.717) is 11.5 Å². The van der Waals surface area contributed by atoms with Gasteiger partial charge >= 0.3 is 5.97 Å². The number of aromatic nitrogens is 1. The lowest BCUT2D eigenvalue weighted by molar-refractivity contribution is 0.0594.